The first-order valence-electron chi connectivity index (χ1n) is 5.97. The Bertz CT molecular complexity index is 555. The minimum Gasteiger partial charge on any atom is -0.478 e. The summed E-state index contributed by atoms with van der Waals surface area (Å²) in [5, 5.41) is 11.4. The summed E-state index contributed by atoms with van der Waals surface area (Å²) in [4.78, 5) is 39.7. The van der Waals surface area contributed by atoms with Gasteiger partial charge < -0.3 is 15.3 Å². The van der Waals surface area contributed by atoms with Gasteiger partial charge in [-0.05, 0) is 26.0 Å². The molecule has 0 saturated carbocycles. The average Bonchev–Trinajstić information content (AvgIpc) is 2.36. The second-order valence-corrected chi connectivity index (χ2v) is 4.56. The van der Waals surface area contributed by atoms with Crippen LogP contribution in [-0.2, 0) is 4.79 Å². The van der Waals surface area contributed by atoms with Gasteiger partial charge in [-0.2, -0.15) is 0 Å². The van der Waals surface area contributed by atoms with E-state index in [1.165, 1.54) is 24.0 Å². The maximum Gasteiger partial charge on any atom is 0.337 e. The normalized spacial score (nSPS) is 11.6. The maximum atomic E-state index is 11.9. The van der Waals surface area contributed by atoms with Crippen LogP contribution in [0.5, 0.6) is 0 Å². The molecule has 1 aromatic rings. The summed E-state index contributed by atoms with van der Waals surface area (Å²) < 4.78 is 0. The number of hydrogen-bond donors (Lipinski definition) is 2. The van der Waals surface area contributed by atoms with E-state index in [1.54, 1.807) is 21.0 Å². The monoisotopic (exact) mass is 279 g/mol. The zero-order chi connectivity index (χ0) is 15.4. The first-order valence-corrected chi connectivity index (χ1v) is 5.97. The van der Waals surface area contributed by atoms with Gasteiger partial charge in [-0.1, -0.05) is 0 Å². The lowest BCUT2D eigenvalue weighted by atomic mass is 10.2. The third-order valence-electron chi connectivity index (χ3n) is 2.71. The molecular weight excluding hydrogens is 262 g/mol. The van der Waals surface area contributed by atoms with Crippen molar-refractivity contribution < 1.29 is 19.5 Å². The molecule has 0 radical (unpaired) electrons. The molecule has 7 heteroatoms. The molecule has 108 valence electrons. The van der Waals surface area contributed by atoms with E-state index < -0.39 is 17.9 Å². The second-order valence-electron chi connectivity index (χ2n) is 4.56. The number of nitrogens with one attached hydrogen (secondary N) is 1. The molecule has 2 N–H and O–H groups in total. The lowest BCUT2D eigenvalue weighted by Gasteiger charge is -2.17. The van der Waals surface area contributed by atoms with Crippen LogP contribution in [0.4, 0.5) is 0 Å². The molecule has 0 aromatic carbocycles. The van der Waals surface area contributed by atoms with Crippen molar-refractivity contribution >= 4 is 17.8 Å². The zero-order valence-corrected chi connectivity index (χ0v) is 11.8. The standard InChI is InChI=1S/C13H17N3O4/c1-7-9(13(19)20)5-6-10(14-7)11(17)15-8(2)12(18)16(3)4/h5-6,8H,1-4H3,(H,15,17)(H,19,20). The minimum atomic E-state index is -1.10. The Morgan fingerprint density at radius 2 is 1.90 bits per heavy atom. The Morgan fingerprint density at radius 3 is 2.35 bits per heavy atom. The third-order valence-corrected chi connectivity index (χ3v) is 2.71. The van der Waals surface area contributed by atoms with E-state index in [1.807, 2.05) is 0 Å². The van der Waals surface area contributed by atoms with Crippen LogP contribution < -0.4 is 5.32 Å². The summed E-state index contributed by atoms with van der Waals surface area (Å²) in [6.07, 6.45) is 0. The highest BCUT2D eigenvalue weighted by molar-refractivity contribution is 5.97. The molecule has 0 spiro atoms. The smallest absolute Gasteiger partial charge is 0.337 e. The molecule has 1 aromatic heterocycles. The second kappa shape index (κ2) is 6.14. The van der Waals surface area contributed by atoms with Gasteiger partial charge in [0.25, 0.3) is 5.91 Å². The highest BCUT2D eigenvalue weighted by Gasteiger charge is 2.19. The van der Waals surface area contributed by atoms with Crippen molar-refractivity contribution in [3.05, 3.63) is 29.1 Å². The van der Waals surface area contributed by atoms with E-state index in [-0.39, 0.29) is 22.9 Å². The van der Waals surface area contributed by atoms with Gasteiger partial charge in [0.1, 0.15) is 11.7 Å². The number of hydrogen-bond acceptors (Lipinski definition) is 4. The van der Waals surface area contributed by atoms with Crippen LogP contribution in [0.2, 0.25) is 0 Å². The van der Waals surface area contributed by atoms with Crippen LogP contribution in [0.1, 0.15) is 33.5 Å². The Labute approximate surface area is 116 Å². The van der Waals surface area contributed by atoms with Gasteiger partial charge in [0.2, 0.25) is 5.91 Å². The Balaban J connectivity index is 2.86. The number of aryl methyl sites for hydroxylation is 1. The summed E-state index contributed by atoms with van der Waals surface area (Å²) in [6.45, 7) is 3.08. The average molecular weight is 279 g/mol. The number of rotatable bonds is 4. The molecule has 2 amide bonds. The number of pyridine rings is 1. The fourth-order valence-corrected chi connectivity index (χ4v) is 1.63. The predicted molar refractivity (Wildman–Crippen MR) is 71.6 cm³/mol. The Hall–Kier alpha value is -2.44. The Kier molecular flexibility index (Phi) is 4.79. The van der Waals surface area contributed by atoms with Gasteiger partial charge in [0, 0.05) is 14.1 Å². The molecular formula is C13H17N3O4. The van der Waals surface area contributed by atoms with Crippen molar-refractivity contribution in [2.75, 3.05) is 14.1 Å². The predicted octanol–water partition coefficient (Wildman–Crippen LogP) is 0.295. The summed E-state index contributed by atoms with van der Waals surface area (Å²) in [7, 11) is 3.18. The van der Waals surface area contributed by atoms with Gasteiger partial charge in [-0.3, -0.25) is 9.59 Å². The van der Waals surface area contributed by atoms with Crippen molar-refractivity contribution in [3.8, 4) is 0 Å². The molecule has 1 atom stereocenters. The lowest BCUT2D eigenvalue weighted by Crippen LogP contribution is -2.44. The first-order chi connectivity index (χ1) is 9.23. The van der Waals surface area contributed by atoms with Crippen LogP contribution in [-0.4, -0.2) is 52.9 Å². The number of amides is 2. The molecule has 1 heterocycles. The topological polar surface area (TPSA) is 99.6 Å². The molecule has 1 rings (SSSR count). The van der Waals surface area contributed by atoms with Crippen LogP contribution >= 0.6 is 0 Å². The van der Waals surface area contributed by atoms with Gasteiger partial charge in [-0.15, -0.1) is 0 Å². The number of nitrogens with zero attached hydrogens (tertiary/aromatic N) is 2. The van der Waals surface area contributed by atoms with Crippen molar-refractivity contribution in [2.24, 2.45) is 0 Å². The number of aromatic carboxylic acids is 1. The van der Waals surface area contributed by atoms with E-state index in [9.17, 15) is 14.4 Å². The molecule has 0 aliphatic heterocycles. The van der Waals surface area contributed by atoms with Crippen molar-refractivity contribution in [2.45, 2.75) is 19.9 Å². The van der Waals surface area contributed by atoms with E-state index in [4.69, 9.17) is 5.11 Å². The van der Waals surface area contributed by atoms with Crippen LogP contribution in [0.25, 0.3) is 0 Å². The molecule has 0 aliphatic rings. The van der Waals surface area contributed by atoms with Crippen LogP contribution in [0.3, 0.4) is 0 Å². The van der Waals surface area contributed by atoms with E-state index in [2.05, 4.69) is 10.3 Å². The molecule has 7 nitrogen and oxygen atoms in total. The molecule has 0 fully saturated rings. The van der Waals surface area contributed by atoms with E-state index >= 15 is 0 Å². The van der Waals surface area contributed by atoms with Gasteiger partial charge in [0.15, 0.2) is 0 Å². The van der Waals surface area contributed by atoms with Gasteiger partial charge >= 0.3 is 5.97 Å². The number of carboxylic acids is 1. The number of carbonyl (C=O) groups is 3. The van der Waals surface area contributed by atoms with Crippen molar-refractivity contribution in [1.29, 1.82) is 0 Å². The van der Waals surface area contributed by atoms with Crippen LogP contribution in [0, 0.1) is 6.92 Å². The summed E-state index contributed by atoms with van der Waals surface area (Å²) in [5.41, 5.74) is 0.363. The highest BCUT2D eigenvalue weighted by atomic mass is 16.4. The summed E-state index contributed by atoms with van der Waals surface area (Å²) in [6, 6.07) is 1.95. The zero-order valence-electron chi connectivity index (χ0n) is 11.8. The highest BCUT2D eigenvalue weighted by Crippen LogP contribution is 2.07. The molecule has 0 aliphatic carbocycles. The van der Waals surface area contributed by atoms with Gasteiger partial charge in [-0.25, -0.2) is 9.78 Å². The number of aromatic nitrogens is 1. The van der Waals surface area contributed by atoms with Crippen molar-refractivity contribution in [1.82, 2.24) is 15.2 Å². The summed E-state index contributed by atoms with van der Waals surface area (Å²) in [5.74, 6) is -1.86. The fourth-order valence-electron chi connectivity index (χ4n) is 1.63. The maximum absolute atomic E-state index is 11.9. The summed E-state index contributed by atoms with van der Waals surface area (Å²) >= 11 is 0. The van der Waals surface area contributed by atoms with Gasteiger partial charge in [0.05, 0.1) is 11.3 Å². The van der Waals surface area contributed by atoms with E-state index in [0.717, 1.165) is 0 Å². The van der Waals surface area contributed by atoms with E-state index in [0.29, 0.717) is 0 Å². The minimum absolute atomic E-state index is 0.0407. The molecule has 0 saturated heterocycles. The fraction of sp³-hybridized carbons (Fsp3) is 0.385. The number of carboxylic acid groups (broad SMARTS) is 1. The van der Waals surface area contributed by atoms with Crippen LogP contribution in [0.15, 0.2) is 12.1 Å². The van der Waals surface area contributed by atoms with Crippen molar-refractivity contribution in [3.63, 3.8) is 0 Å². The lowest BCUT2D eigenvalue weighted by molar-refractivity contribution is -0.130. The molecule has 20 heavy (non-hydrogen) atoms. The molecule has 0 bridgehead atoms. The Morgan fingerprint density at radius 1 is 1.30 bits per heavy atom. The number of likely N-dealkylation sites (N-methyl/N-ethyl adjacent to an activating group) is 1. The number of carbonyl (C=O) groups excluding carboxylic acids is 2. The molecule has 1 unspecified atom stereocenters. The SMILES string of the molecule is Cc1nc(C(=O)NC(C)C(=O)N(C)C)ccc1C(=O)O. The largest absolute Gasteiger partial charge is 0.478 e. The third kappa shape index (κ3) is 3.53. The quantitative estimate of drug-likeness (QED) is 0.825. The first kappa shape index (κ1) is 15.6.